The van der Waals surface area contributed by atoms with Crippen molar-refractivity contribution in [3.05, 3.63) is 59.7 Å². The van der Waals surface area contributed by atoms with Gasteiger partial charge in [0.15, 0.2) is 5.13 Å². The second-order valence-corrected chi connectivity index (χ2v) is 5.91. The normalized spacial score (nSPS) is 11.1. The van der Waals surface area contributed by atoms with Gasteiger partial charge in [-0.15, -0.1) is 0 Å². The predicted octanol–water partition coefficient (Wildman–Crippen LogP) is 3.85. The molecule has 1 N–H and O–H groups in total. The number of para-hydroxylation sites is 1. The topological polar surface area (TPSA) is 75.0 Å². The van der Waals surface area contributed by atoms with Crippen molar-refractivity contribution < 1.29 is 9.53 Å². The third-order valence-electron chi connectivity index (χ3n) is 3.31. The van der Waals surface area contributed by atoms with Crippen molar-refractivity contribution in [1.82, 2.24) is 4.98 Å². The summed E-state index contributed by atoms with van der Waals surface area (Å²) in [5.41, 5.74) is 1.57. The number of nitriles is 1. The molecule has 0 saturated heterocycles. The number of methoxy groups -OCH3 is 1. The Labute approximate surface area is 142 Å². The summed E-state index contributed by atoms with van der Waals surface area (Å²) >= 11 is 1.37. The van der Waals surface area contributed by atoms with Gasteiger partial charge in [0.25, 0.3) is 5.91 Å². The molecule has 0 atom stereocenters. The number of ether oxygens (including phenoxy) is 1. The van der Waals surface area contributed by atoms with Crippen LogP contribution in [0.3, 0.4) is 0 Å². The summed E-state index contributed by atoms with van der Waals surface area (Å²) < 4.78 is 6.06. The van der Waals surface area contributed by atoms with Gasteiger partial charge in [0.2, 0.25) is 0 Å². The van der Waals surface area contributed by atoms with Gasteiger partial charge in [0.1, 0.15) is 17.4 Å². The highest BCUT2D eigenvalue weighted by Crippen LogP contribution is 2.25. The molecule has 0 aliphatic carbocycles. The fourth-order valence-corrected chi connectivity index (χ4v) is 2.97. The van der Waals surface area contributed by atoms with Crippen LogP contribution in [0.1, 0.15) is 5.56 Å². The second-order valence-electron chi connectivity index (χ2n) is 4.88. The minimum atomic E-state index is -0.479. The molecule has 3 aromatic rings. The maximum absolute atomic E-state index is 12.3. The van der Waals surface area contributed by atoms with E-state index in [1.54, 1.807) is 31.4 Å². The summed E-state index contributed by atoms with van der Waals surface area (Å²) in [6, 6.07) is 16.6. The zero-order chi connectivity index (χ0) is 16.9. The van der Waals surface area contributed by atoms with Crippen LogP contribution in [-0.2, 0) is 4.79 Å². The molecule has 0 radical (unpaired) electrons. The number of aromatic nitrogens is 1. The number of amides is 1. The SMILES string of the molecule is COc1ccc(C=C(C#N)C(=O)Nc2nc3ccccc3s2)cc1. The number of fused-ring (bicyclic) bond motifs is 1. The molecule has 2 aromatic carbocycles. The van der Waals surface area contributed by atoms with Crippen LogP contribution < -0.4 is 10.1 Å². The number of nitrogens with zero attached hydrogens (tertiary/aromatic N) is 2. The molecular formula is C18H13N3O2S. The molecule has 3 rings (SSSR count). The van der Waals surface area contributed by atoms with Crippen LogP contribution in [-0.4, -0.2) is 18.0 Å². The van der Waals surface area contributed by atoms with Crippen molar-refractivity contribution in [2.24, 2.45) is 0 Å². The monoisotopic (exact) mass is 335 g/mol. The number of carbonyl (C=O) groups excluding carboxylic acids is 1. The number of benzene rings is 2. The van der Waals surface area contributed by atoms with E-state index in [-0.39, 0.29) is 5.57 Å². The van der Waals surface area contributed by atoms with Crippen LogP contribution in [0.25, 0.3) is 16.3 Å². The van der Waals surface area contributed by atoms with Crippen LogP contribution >= 0.6 is 11.3 Å². The smallest absolute Gasteiger partial charge is 0.268 e. The summed E-state index contributed by atoms with van der Waals surface area (Å²) in [5, 5.41) is 12.4. The van der Waals surface area contributed by atoms with Gasteiger partial charge in [0.05, 0.1) is 17.3 Å². The quantitative estimate of drug-likeness (QED) is 0.580. The minimum Gasteiger partial charge on any atom is -0.497 e. The molecule has 24 heavy (non-hydrogen) atoms. The van der Waals surface area contributed by atoms with E-state index in [0.717, 1.165) is 15.8 Å². The van der Waals surface area contributed by atoms with Gasteiger partial charge in [-0.3, -0.25) is 10.1 Å². The Hall–Kier alpha value is -3.17. The molecule has 0 bridgehead atoms. The van der Waals surface area contributed by atoms with Crippen molar-refractivity contribution in [3.63, 3.8) is 0 Å². The Morgan fingerprint density at radius 1 is 1.25 bits per heavy atom. The Kier molecular flexibility index (Phi) is 4.54. The molecule has 5 nitrogen and oxygen atoms in total. The van der Waals surface area contributed by atoms with Crippen LogP contribution in [0, 0.1) is 11.3 Å². The molecule has 118 valence electrons. The number of thiazole rings is 1. The van der Waals surface area contributed by atoms with E-state index in [2.05, 4.69) is 10.3 Å². The Morgan fingerprint density at radius 3 is 2.67 bits per heavy atom. The zero-order valence-corrected chi connectivity index (χ0v) is 13.6. The summed E-state index contributed by atoms with van der Waals surface area (Å²) in [6.07, 6.45) is 1.53. The summed E-state index contributed by atoms with van der Waals surface area (Å²) in [7, 11) is 1.58. The summed E-state index contributed by atoms with van der Waals surface area (Å²) in [5.74, 6) is 0.233. The molecular weight excluding hydrogens is 322 g/mol. The van der Waals surface area contributed by atoms with Gasteiger partial charge >= 0.3 is 0 Å². The first-order valence-corrected chi connectivity index (χ1v) is 7.94. The number of hydrogen-bond donors (Lipinski definition) is 1. The molecule has 1 amide bonds. The maximum atomic E-state index is 12.3. The van der Waals surface area contributed by atoms with E-state index in [9.17, 15) is 10.1 Å². The molecule has 0 spiro atoms. The number of rotatable bonds is 4. The lowest BCUT2D eigenvalue weighted by Crippen LogP contribution is -2.13. The van der Waals surface area contributed by atoms with Gasteiger partial charge < -0.3 is 4.74 Å². The minimum absolute atomic E-state index is 0.0134. The lowest BCUT2D eigenvalue weighted by Gasteiger charge is -2.01. The lowest BCUT2D eigenvalue weighted by molar-refractivity contribution is -0.112. The first kappa shape index (κ1) is 15.7. The van der Waals surface area contributed by atoms with E-state index in [1.165, 1.54) is 17.4 Å². The number of anilines is 1. The van der Waals surface area contributed by atoms with Gasteiger partial charge in [-0.1, -0.05) is 35.6 Å². The first-order chi connectivity index (χ1) is 11.7. The zero-order valence-electron chi connectivity index (χ0n) is 12.8. The number of carbonyl (C=O) groups is 1. The molecule has 0 fully saturated rings. The fourth-order valence-electron chi connectivity index (χ4n) is 2.11. The molecule has 0 aliphatic heterocycles. The molecule has 1 heterocycles. The van der Waals surface area contributed by atoms with Crippen molar-refractivity contribution in [2.45, 2.75) is 0 Å². The van der Waals surface area contributed by atoms with E-state index in [4.69, 9.17) is 4.74 Å². The standard InChI is InChI=1S/C18H13N3O2S/c1-23-14-8-6-12(7-9-14)10-13(11-19)17(22)21-18-20-15-4-2-3-5-16(15)24-18/h2-10H,1H3,(H,20,21,22). The first-order valence-electron chi connectivity index (χ1n) is 7.12. The largest absolute Gasteiger partial charge is 0.497 e. The molecule has 0 saturated carbocycles. The van der Waals surface area contributed by atoms with Gasteiger partial charge in [0, 0.05) is 0 Å². The highest BCUT2D eigenvalue weighted by atomic mass is 32.1. The highest BCUT2D eigenvalue weighted by Gasteiger charge is 2.12. The van der Waals surface area contributed by atoms with Gasteiger partial charge in [-0.2, -0.15) is 5.26 Å². The van der Waals surface area contributed by atoms with Gasteiger partial charge in [-0.05, 0) is 35.9 Å². The highest BCUT2D eigenvalue weighted by molar-refractivity contribution is 7.22. The number of hydrogen-bond acceptors (Lipinski definition) is 5. The van der Waals surface area contributed by atoms with Crippen molar-refractivity contribution >= 4 is 38.7 Å². The second kappa shape index (κ2) is 6.94. The summed E-state index contributed by atoms with van der Waals surface area (Å²) in [4.78, 5) is 16.6. The van der Waals surface area contributed by atoms with Crippen molar-refractivity contribution in [2.75, 3.05) is 12.4 Å². The molecule has 1 aromatic heterocycles. The van der Waals surface area contributed by atoms with Crippen LogP contribution in [0.15, 0.2) is 54.1 Å². The van der Waals surface area contributed by atoms with Crippen LogP contribution in [0.2, 0.25) is 0 Å². The van der Waals surface area contributed by atoms with Crippen LogP contribution in [0.5, 0.6) is 5.75 Å². The van der Waals surface area contributed by atoms with E-state index in [1.807, 2.05) is 30.3 Å². The Morgan fingerprint density at radius 2 is 2.00 bits per heavy atom. The third kappa shape index (κ3) is 3.42. The van der Waals surface area contributed by atoms with Crippen molar-refractivity contribution in [1.29, 1.82) is 5.26 Å². The van der Waals surface area contributed by atoms with E-state index in [0.29, 0.717) is 10.9 Å². The lowest BCUT2D eigenvalue weighted by atomic mass is 10.1. The average Bonchev–Trinajstić information content (AvgIpc) is 3.02. The summed E-state index contributed by atoms with van der Waals surface area (Å²) in [6.45, 7) is 0. The molecule has 0 aliphatic rings. The van der Waals surface area contributed by atoms with Crippen LogP contribution in [0.4, 0.5) is 5.13 Å². The molecule has 6 heteroatoms. The van der Waals surface area contributed by atoms with E-state index < -0.39 is 5.91 Å². The average molecular weight is 335 g/mol. The number of nitrogens with one attached hydrogen (secondary N) is 1. The predicted molar refractivity (Wildman–Crippen MR) is 94.8 cm³/mol. The Balaban J connectivity index is 1.80. The molecule has 0 unspecified atom stereocenters. The fraction of sp³-hybridized carbons (Fsp3) is 0.0556. The van der Waals surface area contributed by atoms with Gasteiger partial charge in [-0.25, -0.2) is 4.98 Å². The maximum Gasteiger partial charge on any atom is 0.268 e. The third-order valence-corrected chi connectivity index (χ3v) is 4.26. The van der Waals surface area contributed by atoms with E-state index >= 15 is 0 Å². The Bertz CT molecular complexity index is 919. The van der Waals surface area contributed by atoms with Crippen molar-refractivity contribution in [3.8, 4) is 11.8 Å².